The summed E-state index contributed by atoms with van der Waals surface area (Å²) in [7, 11) is 0. The monoisotopic (exact) mass is 656 g/mol. The van der Waals surface area contributed by atoms with Crippen molar-refractivity contribution >= 4 is 68.4 Å². The summed E-state index contributed by atoms with van der Waals surface area (Å²) in [4.78, 5) is 48.8. The first-order valence-corrected chi connectivity index (χ1v) is 15.0. The second kappa shape index (κ2) is 14.0. The Labute approximate surface area is 271 Å². The molecule has 0 unspecified atom stereocenters. The molecule has 1 heterocycles. The predicted molar refractivity (Wildman–Crippen MR) is 177 cm³/mol. The van der Waals surface area contributed by atoms with Gasteiger partial charge in [-0.2, -0.15) is 5.10 Å². The Hall–Kier alpha value is -5.59. The fourth-order valence-electron chi connectivity index (χ4n) is 4.28. The third-order valence-electron chi connectivity index (χ3n) is 6.56. The molecule has 0 fully saturated rings. The number of hydrogen-bond donors (Lipinski definition) is 2. The van der Waals surface area contributed by atoms with Gasteiger partial charge in [0.15, 0.2) is 11.5 Å². The number of ether oxygens (including phenoxy) is 2. The maximum atomic E-state index is 12.9. The number of halogens is 1. The van der Waals surface area contributed by atoms with Gasteiger partial charge in [0.1, 0.15) is 4.88 Å². The molecular formula is C33H25ClN4O7S. The van der Waals surface area contributed by atoms with E-state index in [0.717, 1.165) is 15.6 Å². The van der Waals surface area contributed by atoms with Crippen LogP contribution < -0.4 is 20.2 Å². The summed E-state index contributed by atoms with van der Waals surface area (Å²) in [6, 6.07) is 21.9. The lowest BCUT2D eigenvalue weighted by atomic mass is 10.2. The van der Waals surface area contributed by atoms with Crippen molar-refractivity contribution in [3.8, 4) is 11.5 Å². The van der Waals surface area contributed by atoms with Crippen LogP contribution in [0.15, 0.2) is 90.0 Å². The number of hydrogen-bond acceptors (Lipinski definition) is 9. The van der Waals surface area contributed by atoms with Crippen molar-refractivity contribution < 1.29 is 28.8 Å². The number of amides is 2. The van der Waals surface area contributed by atoms with E-state index in [9.17, 15) is 24.5 Å². The van der Waals surface area contributed by atoms with Gasteiger partial charge in [-0.15, -0.1) is 11.3 Å². The molecule has 5 rings (SSSR count). The lowest BCUT2D eigenvalue weighted by Crippen LogP contribution is -2.17. The topological polar surface area (TPSA) is 149 Å². The number of rotatable bonds is 10. The molecule has 0 bridgehead atoms. The minimum absolute atomic E-state index is 0.132. The van der Waals surface area contributed by atoms with Crippen LogP contribution in [0.3, 0.4) is 0 Å². The molecule has 232 valence electrons. The first-order chi connectivity index (χ1) is 22.1. The average Bonchev–Trinajstić information content (AvgIpc) is 3.37. The van der Waals surface area contributed by atoms with Crippen LogP contribution in [-0.4, -0.2) is 35.5 Å². The molecule has 0 aliphatic heterocycles. The number of benzene rings is 4. The highest BCUT2D eigenvalue weighted by Gasteiger charge is 2.18. The van der Waals surface area contributed by atoms with Crippen LogP contribution in [0.25, 0.3) is 10.1 Å². The molecule has 0 saturated heterocycles. The number of non-ortho nitro benzene ring substituents is 1. The third-order valence-corrected chi connectivity index (χ3v) is 8.22. The Morgan fingerprint density at radius 1 is 0.935 bits per heavy atom. The van der Waals surface area contributed by atoms with E-state index in [0.29, 0.717) is 26.7 Å². The van der Waals surface area contributed by atoms with Crippen molar-refractivity contribution in [2.75, 3.05) is 11.9 Å². The van der Waals surface area contributed by atoms with E-state index >= 15 is 0 Å². The summed E-state index contributed by atoms with van der Waals surface area (Å²) in [6.45, 7) is 4.02. The largest absolute Gasteiger partial charge is 0.490 e. The summed E-state index contributed by atoms with van der Waals surface area (Å²) in [5.41, 5.74) is 4.86. The lowest BCUT2D eigenvalue weighted by molar-refractivity contribution is -0.384. The van der Waals surface area contributed by atoms with Gasteiger partial charge in [-0.1, -0.05) is 23.7 Å². The summed E-state index contributed by atoms with van der Waals surface area (Å²) in [5.74, 6) is -1.13. The van der Waals surface area contributed by atoms with E-state index in [4.69, 9.17) is 21.1 Å². The van der Waals surface area contributed by atoms with Crippen molar-refractivity contribution in [2.45, 2.75) is 13.8 Å². The molecule has 11 nitrogen and oxygen atoms in total. The highest BCUT2D eigenvalue weighted by Crippen LogP contribution is 2.36. The zero-order valence-corrected chi connectivity index (χ0v) is 26.0. The Bertz CT molecular complexity index is 1990. The highest BCUT2D eigenvalue weighted by atomic mass is 35.5. The average molecular weight is 657 g/mol. The number of carbonyl (C=O) groups is 3. The van der Waals surface area contributed by atoms with Gasteiger partial charge in [0.25, 0.3) is 17.5 Å². The van der Waals surface area contributed by atoms with Gasteiger partial charge in [-0.05, 0) is 85.6 Å². The van der Waals surface area contributed by atoms with E-state index in [2.05, 4.69) is 15.8 Å². The number of hydrazone groups is 1. The fourth-order valence-corrected chi connectivity index (χ4v) is 5.79. The first kappa shape index (κ1) is 31.8. The van der Waals surface area contributed by atoms with Crippen molar-refractivity contribution in [3.63, 3.8) is 0 Å². The number of nitrogens with one attached hydrogen (secondary N) is 2. The van der Waals surface area contributed by atoms with Crippen LogP contribution in [0, 0.1) is 17.0 Å². The van der Waals surface area contributed by atoms with Gasteiger partial charge >= 0.3 is 5.97 Å². The molecule has 4 aromatic carbocycles. The van der Waals surface area contributed by atoms with Crippen LogP contribution in [0.1, 0.15) is 48.4 Å². The van der Waals surface area contributed by atoms with Crippen molar-refractivity contribution in [1.29, 1.82) is 0 Å². The Kier molecular flexibility index (Phi) is 9.70. The maximum Gasteiger partial charge on any atom is 0.343 e. The first-order valence-electron chi connectivity index (χ1n) is 13.8. The standard InChI is InChI=1S/C33H25ClN4O7S/c1-3-44-27-17-20(5-15-26(27)45-33(41)22-8-12-24(13-9-22)38(42)43)18-35-37-31(39)21-6-10-23(11-7-21)36-32(40)30-29(34)25-14-4-19(2)16-28(25)46-30/h4-18H,3H2,1-2H3,(H,36,40)(H,37,39)/b35-18-. The van der Waals surface area contributed by atoms with Gasteiger partial charge in [0.05, 0.1) is 28.3 Å². The smallest absolute Gasteiger partial charge is 0.343 e. The maximum absolute atomic E-state index is 12.9. The summed E-state index contributed by atoms with van der Waals surface area (Å²) >= 11 is 7.77. The zero-order chi connectivity index (χ0) is 32.8. The van der Waals surface area contributed by atoms with Gasteiger partial charge in [-0.3, -0.25) is 19.7 Å². The molecule has 1 aromatic heterocycles. The molecule has 5 aromatic rings. The van der Waals surface area contributed by atoms with Gasteiger partial charge in [-0.25, -0.2) is 10.2 Å². The second-order valence-electron chi connectivity index (χ2n) is 9.81. The number of thiophene rings is 1. The molecular weight excluding hydrogens is 632 g/mol. The molecule has 0 aliphatic rings. The van der Waals surface area contributed by atoms with E-state index in [1.807, 2.05) is 25.1 Å². The van der Waals surface area contributed by atoms with E-state index in [1.54, 1.807) is 43.3 Å². The normalized spacial score (nSPS) is 10.9. The number of carbonyl (C=O) groups excluding carboxylic acids is 3. The molecule has 0 radical (unpaired) electrons. The highest BCUT2D eigenvalue weighted by molar-refractivity contribution is 7.21. The van der Waals surface area contributed by atoms with Gasteiger partial charge in [0.2, 0.25) is 0 Å². The molecule has 0 saturated carbocycles. The minimum atomic E-state index is -0.714. The van der Waals surface area contributed by atoms with E-state index < -0.39 is 16.8 Å². The SMILES string of the molecule is CCOc1cc(/C=N\NC(=O)c2ccc(NC(=O)c3sc4cc(C)ccc4c3Cl)cc2)ccc1OC(=O)c1ccc([N+](=O)[O-])cc1. The molecule has 46 heavy (non-hydrogen) atoms. The number of aryl methyl sites for hydroxylation is 1. The fraction of sp³-hybridized carbons (Fsp3) is 0.0909. The summed E-state index contributed by atoms with van der Waals surface area (Å²) in [5, 5.41) is 18.9. The van der Waals surface area contributed by atoms with Crippen LogP contribution in [0.2, 0.25) is 5.02 Å². The molecule has 0 spiro atoms. The Balaban J connectivity index is 1.19. The summed E-state index contributed by atoms with van der Waals surface area (Å²) < 4.78 is 12.0. The lowest BCUT2D eigenvalue weighted by Gasteiger charge is -2.11. The Morgan fingerprint density at radius 2 is 1.65 bits per heavy atom. The van der Waals surface area contributed by atoms with Crippen LogP contribution in [0.4, 0.5) is 11.4 Å². The summed E-state index contributed by atoms with van der Waals surface area (Å²) in [6.07, 6.45) is 1.40. The van der Waals surface area contributed by atoms with Crippen molar-refractivity contribution in [3.05, 3.63) is 127 Å². The quantitative estimate of drug-likeness (QED) is 0.0523. The van der Waals surface area contributed by atoms with Crippen molar-refractivity contribution in [1.82, 2.24) is 5.43 Å². The predicted octanol–water partition coefficient (Wildman–Crippen LogP) is 7.41. The van der Waals surface area contributed by atoms with Gasteiger partial charge in [0, 0.05) is 33.5 Å². The molecule has 2 N–H and O–H groups in total. The molecule has 13 heteroatoms. The van der Waals surface area contributed by atoms with E-state index in [-0.39, 0.29) is 35.3 Å². The number of anilines is 1. The number of nitro groups is 1. The zero-order valence-electron chi connectivity index (χ0n) is 24.4. The second-order valence-corrected chi connectivity index (χ2v) is 11.2. The number of esters is 1. The third kappa shape index (κ3) is 7.37. The number of nitro benzene ring substituents is 1. The molecule has 0 atom stereocenters. The van der Waals surface area contributed by atoms with Crippen LogP contribution in [0.5, 0.6) is 11.5 Å². The van der Waals surface area contributed by atoms with E-state index in [1.165, 1.54) is 47.9 Å². The number of fused-ring (bicyclic) bond motifs is 1. The number of nitrogens with zero attached hydrogens (tertiary/aromatic N) is 2. The van der Waals surface area contributed by atoms with Crippen molar-refractivity contribution in [2.24, 2.45) is 5.10 Å². The Morgan fingerprint density at radius 3 is 2.35 bits per heavy atom. The van der Waals surface area contributed by atoms with Crippen LogP contribution >= 0.6 is 22.9 Å². The van der Waals surface area contributed by atoms with Crippen LogP contribution in [-0.2, 0) is 0 Å². The molecule has 2 amide bonds. The minimum Gasteiger partial charge on any atom is -0.490 e. The van der Waals surface area contributed by atoms with Gasteiger partial charge < -0.3 is 14.8 Å². The molecule has 0 aliphatic carbocycles.